The number of aryl methyl sites for hydroxylation is 1. The highest BCUT2D eigenvalue weighted by Gasteiger charge is 2.14. The Morgan fingerprint density at radius 1 is 1.35 bits per heavy atom. The van der Waals surface area contributed by atoms with Gasteiger partial charge in [-0.2, -0.15) is 0 Å². The van der Waals surface area contributed by atoms with E-state index in [1.165, 1.54) is 17.6 Å². The Morgan fingerprint density at radius 2 is 2.25 bits per heavy atom. The third-order valence-electron chi connectivity index (χ3n) is 2.47. The summed E-state index contributed by atoms with van der Waals surface area (Å²) in [5.41, 5.74) is 0. The number of hydrogen-bond acceptors (Lipinski definition) is 7. The van der Waals surface area contributed by atoms with Gasteiger partial charge in [0.2, 0.25) is 0 Å². The lowest BCUT2D eigenvalue weighted by atomic mass is 10.4. The zero-order valence-corrected chi connectivity index (χ0v) is 11.3. The van der Waals surface area contributed by atoms with E-state index >= 15 is 0 Å². The first kappa shape index (κ1) is 12.6. The maximum absolute atomic E-state index is 11.7. The molecule has 6 nitrogen and oxygen atoms in total. The first-order chi connectivity index (χ1) is 9.72. The summed E-state index contributed by atoms with van der Waals surface area (Å²) in [5.74, 6) is 0.552. The molecule has 3 heterocycles. The summed E-state index contributed by atoms with van der Waals surface area (Å²) in [6.45, 7) is 1.86. The van der Waals surface area contributed by atoms with E-state index in [0.717, 1.165) is 4.88 Å². The fourth-order valence-corrected chi connectivity index (χ4v) is 2.32. The highest BCUT2D eigenvalue weighted by molar-refractivity contribution is 7.13. The number of carbonyl (C=O) groups excluding carboxylic acids is 1. The Labute approximate surface area is 118 Å². The Kier molecular flexibility index (Phi) is 3.34. The second-order valence-corrected chi connectivity index (χ2v) is 5.25. The van der Waals surface area contributed by atoms with Crippen molar-refractivity contribution in [2.45, 2.75) is 13.5 Å². The van der Waals surface area contributed by atoms with Crippen molar-refractivity contribution < 1.29 is 18.4 Å². The van der Waals surface area contributed by atoms with E-state index in [0.29, 0.717) is 10.6 Å². The van der Waals surface area contributed by atoms with Crippen LogP contribution in [0.4, 0.5) is 0 Å². The van der Waals surface area contributed by atoms with Gasteiger partial charge in [0.15, 0.2) is 12.4 Å². The Morgan fingerprint density at radius 3 is 2.95 bits per heavy atom. The smallest absolute Gasteiger partial charge is 0.348 e. The fourth-order valence-electron chi connectivity index (χ4n) is 1.55. The molecule has 0 spiro atoms. The largest absolute Gasteiger partial charge is 0.459 e. The summed E-state index contributed by atoms with van der Waals surface area (Å²) in [6, 6.07) is 7.02. The molecule has 0 aromatic carbocycles. The molecule has 0 saturated heterocycles. The zero-order chi connectivity index (χ0) is 13.9. The molecule has 0 aliphatic carbocycles. The van der Waals surface area contributed by atoms with E-state index in [4.69, 9.17) is 13.6 Å². The Balaban J connectivity index is 1.63. The Hall–Kier alpha value is -2.41. The average Bonchev–Trinajstić information content (AvgIpc) is 3.16. The van der Waals surface area contributed by atoms with E-state index in [1.54, 1.807) is 18.2 Å². The van der Waals surface area contributed by atoms with Gasteiger partial charge in [0.25, 0.3) is 11.8 Å². The van der Waals surface area contributed by atoms with Crippen LogP contribution in [0.5, 0.6) is 0 Å². The van der Waals surface area contributed by atoms with Gasteiger partial charge in [-0.1, -0.05) is 0 Å². The third kappa shape index (κ3) is 2.62. The summed E-state index contributed by atoms with van der Waals surface area (Å²) in [6.07, 6.45) is 1.51. The lowest BCUT2D eigenvalue weighted by Gasteiger charge is -1.98. The normalized spacial score (nSPS) is 10.7. The van der Waals surface area contributed by atoms with Gasteiger partial charge in [0.1, 0.15) is 4.88 Å². The number of aromatic nitrogens is 2. The molecular formula is C13H10N2O4S. The standard InChI is InChI=1S/C13H10N2O4S/c1-8-4-5-10(20-8)13(16)18-7-11-14-15-12(19-11)9-3-2-6-17-9/h2-6H,7H2,1H3. The molecule has 3 rings (SSSR count). The second kappa shape index (κ2) is 5.30. The van der Waals surface area contributed by atoms with Gasteiger partial charge in [0, 0.05) is 4.88 Å². The third-order valence-corrected chi connectivity index (χ3v) is 3.45. The van der Waals surface area contributed by atoms with Crippen LogP contribution in [-0.4, -0.2) is 16.2 Å². The predicted octanol–water partition coefficient (Wildman–Crippen LogP) is 3.06. The van der Waals surface area contributed by atoms with Crippen molar-refractivity contribution in [1.82, 2.24) is 10.2 Å². The number of esters is 1. The van der Waals surface area contributed by atoms with Crippen molar-refractivity contribution in [3.8, 4) is 11.7 Å². The number of carbonyl (C=O) groups is 1. The van der Waals surface area contributed by atoms with Gasteiger partial charge < -0.3 is 13.6 Å². The quantitative estimate of drug-likeness (QED) is 0.687. The molecule has 0 atom stereocenters. The number of ether oxygens (including phenoxy) is 1. The molecule has 0 fully saturated rings. The highest BCUT2D eigenvalue weighted by Crippen LogP contribution is 2.19. The molecule has 0 aliphatic rings. The van der Waals surface area contributed by atoms with Gasteiger partial charge in [-0.25, -0.2) is 4.79 Å². The van der Waals surface area contributed by atoms with Crippen molar-refractivity contribution in [3.63, 3.8) is 0 Å². The van der Waals surface area contributed by atoms with Crippen LogP contribution in [-0.2, 0) is 11.3 Å². The van der Waals surface area contributed by atoms with Crippen molar-refractivity contribution in [1.29, 1.82) is 0 Å². The minimum Gasteiger partial charge on any atom is -0.459 e. The van der Waals surface area contributed by atoms with E-state index in [9.17, 15) is 4.79 Å². The zero-order valence-electron chi connectivity index (χ0n) is 10.5. The number of nitrogens with zero attached hydrogens (tertiary/aromatic N) is 2. The molecule has 102 valence electrons. The first-order valence-corrected chi connectivity index (χ1v) is 6.64. The van der Waals surface area contributed by atoms with E-state index in [1.807, 2.05) is 13.0 Å². The molecule has 0 bridgehead atoms. The molecule has 7 heteroatoms. The SMILES string of the molecule is Cc1ccc(C(=O)OCc2nnc(-c3ccco3)o2)s1. The topological polar surface area (TPSA) is 78.4 Å². The summed E-state index contributed by atoms with van der Waals surface area (Å²) < 4.78 is 15.6. The molecule has 0 unspecified atom stereocenters. The van der Waals surface area contributed by atoms with Crippen molar-refractivity contribution >= 4 is 17.3 Å². The molecule has 3 aromatic heterocycles. The van der Waals surface area contributed by atoms with Gasteiger partial charge in [-0.3, -0.25) is 0 Å². The fraction of sp³-hybridized carbons (Fsp3) is 0.154. The summed E-state index contributed by atoms with van der Waals surface area (Å²) >= 11 is 1.38. The van der Waals surface area contributed by atoms with Crippen molar-refractivity contribution in [2.24, 2.45) is 0 Å². The van der Waals surface area contributed by atoms with Crippen LogP contribution in [0.2, 0.25) is 0 Å². The Bertz CT molecular complexity index is 714. The van der Waals surface area contributed by atoms with Crippen molar-refractivity contribution in [2.75, 3.05) is 0 Å². The minimum atomic E-state index is -0.402. The molecule has 0 saturated carbocycles. The molecule has 20 heavy (non-hydrogen) atoms. The summed E-state index contributed by atoms with van der Waals surface area (Å²) in [4.78, 5) is 13.3. The monoisotopic (exact) mass is 290 g/mol. The van der Waals surface area contributed by atoms with Gasteiger partial charge in [-0.15, -0.1) is 21.5 Å². The van der Waals surface area contributed by atoms with Crippen LogP contribution in [0.1, 0.15) is 20.4 Å². The maximum atomic E-state index is 11.7. The number of rotatable bonds is 4. The predicted molar refractivity (Wildman–Crippen MR) is 70.2 cm³/mol. The van der Waals surface area contributed by atoms with Gasteiger partial charge in [-0.05, 0) is 31.2 Å². The molecule has 0 radical (unpaired) electrons. The number of furan rings is 1. The van der Waals surface area contributed by atoms with Crippen LogP contribution in [0, 0.1) is 6.92 Å². The maximum Gasteiger partial charge on any atom is 0.348 e. The molecule has 3 aromatic rings. The molecular weight excluding hydrogens is 280 g/mol. The molecule has 0 aliphatic heterocycles. The van der Waals surface area contributed by atoms with Crippen LogP contribution < -0.4 is 0 Å². The summed E-state index contributed by atoms with van der Waals surface area (Å²) in [7, 11) is 0. The van der Waals surface area contributed by atoms with Gasteiger partial charge in [0.05, 0.1) is 6.26 Å². The van der Waals surface area contributed by atoms with Crippen LogP contribution in [0.15, 0.2) is 39.4 Å². The minimum absolute atomic E-state index is 0.0660. The lowest BCUT2D eigenvalue weighted by molar-refractivity contribution is 0.0444. The highest BCUT2D eigenvalue weighted by atomic mass is 32.1. The van der Waals surface area contributed by atoms with Gasteiger partial charge >= 0.3 is 5.97 Å². The van der Waals surface area contributed by atoms with Crippen LogP contribution in [0.25, 0.3) is 11.7 Å². The van der Waals surface area contributed by atoms with Crippen LogP contribution in [0.3, 0.4) is 0 Å². The van der Waals surface area contributed by atoms with Crippen molar-refractivity contribution in [3.05, 3.63) is 46.2 Å². The molecule has 0 N–H and O–H groups in total. The average molecular weight is 290 g/mol. The lowest BCUT2D eigenvalue weighted by Crippen LogP contribution is -2.03. The first-order valence-electron chi connectivity index (χ1n) is 5.82. The van der Waals surface area contributed by atoms with Crippen LogP contribution >= 0.6 is 11.3 Å². The number of thiophene rings is 1. The second-order valence-electron chi connectivity index (χ2n) is 3.96. The van der Waals surface area contributed by atoms with E-state index in [2.05, 4.69) is 10.2 Å². The number of hydrogen-bond donors (Lipinski definition) is 0. The van der Waals surface area contributed by atoms with E-state index < -0.39 is 5.97 Å². The van der Waals surface area contributed by atoms with E-state index in [-0.39, 0.29) is 18.4 Å². The molecule has 0 amide bonds. The summed E-state index contributed by atoms with van der Waals surface area (Å²) in [5, 5.41) is 7.61.